The summed E-state index contributed by atoms with van der Waals surface area (Å²) in [5, 5.41) is 8.85. The molecule has 0 saturated carbocycles. The third kappa shape index (κ3) is 2.90. The number of rotatable bonds is 2. The predicted molar refractivity (Wildman–Crippen MR) is 92.6 cm³/mol. The number of H-pyrrole nitrogens is 1. The van der Waals surface area contributed by atoms with Crippen molar-refractivity contribution in [1.82, 2.24) is 19.9 Å². The van der Waals surface area contributed by atoms with Gasteiger partial charge in [-0.25, -0.2) is 14.4 Å². The summed E-state index contributed by atoms with van der Waals surface area (Å²) in [5.41, 5.74) is 2.02. The zero-order chi connectivity index (χ0) is 18.1. The fraction of sp³-hybridized carbons (Fsp3) is 0.263. The van der Waals surface area contributed by atoms with E-state index in [1.165, 1.54) is 24.4 Å². The summed E-state index contributed by atoms with van der Waals surface area (Å²) in [6, 6.07) is 9.32. The van der Waals surface area contributed by atoms with Gasteiger partial charge in [-0.1, -0.05) is 0 Å². The van der Waals surface area contributed by atoms with Gasteiger partial charge in [0.25, 0.3) is 5.91 Å². The summed E-state index contributed by atoms with van der Waals surface area (Å²) >= 11 is 0. The molecule has 0 unspecified atom stereocenters. The van der Waals surface area contributed by atoms with E-state index in [4.69, 9.17) is 5.26 Å². The number of amides is 1. The van der Waals surface area contributed by atoms with Crippen molar-refractivity contribution in [3.8, 4) is 6.07 Å². The Morgan fingerprint density at radius 2 is 2.19 bits per heavy atom. The van der Waals surface area contributed by atoms with Crippen molar-refractivity contribution in [2.45, 2.75) is 25.3 Å². The van der Waals surface area contributed by atoms with Crippen LogP contribution in [0, 0.1) is 17.1 Å². The van der Waals surface area contributed by atoms with Gasteiger partial charge in [0.05, 0.1) is 22.6 Å². The Bertz CT molecular complexity index is 1000. The Hall–Kier alpha value is -3.27. The summed E-state index contributed by atoms with van der Waals surface area (Å²) in [4.78, 5) is 26.4. The lowest BCUT2D eigenvalue weighted by Crippen LogP contribution is -2.39. The van der Waals surface area contributed by atoms with E-state index in [2.05, 4.69) is 15.0 Å². The predicted octanol–water partition coefficient (Wildman–Crippen LogP) is 3.34. The van der Waals surface area contributed by atoms with Crippen LogP contribution in [0.15, 0.2) is 36.5 Å². The largest absolute Gasteiger partial charge is 0.340 e. The molecule has 1 N–H and O–H groups in total. The quantitative estimate of drug-likeness (QED) is 0.769. The van der Waals surface area contributed by atoms with Crippen LogP contribution < -0.4 is 0 Å². The number of nitrogens with one attached hydrogen (secondary N) is 1. The van der Waals surface area contributed by atoms with Gasteiger partial charge in [0.15, 0.2) is 0 Å². The number of fused-ring (bicyclic) bond motifs is 1. The first kappa shape index (κ1) is 16.2. The summed E-state index contributed by atoms with van der Waals surface area (Å²) in [6.45, 7) is 0.620. The number of carbonyl (C=O) groups excluding carboxylic acids is 1. The number of nitrogens with zero attached hydrogens (tertiary/aromatic N) is 4. The minimum Gasteiger partial charge on any atom is -0.340 e. The van der Waals surface area contributed by atoms with Gasteiger partial charge in [-0.2, -0.15) is 5.26 Å². The van der Waals surface area contributed by atoms with Crippen LogP contribution in [-0.4, -0.2) is 32.3 Å². The van der Waals surface area contributed by atoms with E-state index in [1.54, 1.807) is 17.0 Å². The molecule has 0 bridgehead atoms. The van der Waals surface area contributed by atoms with Crippen LogP contribution in [0.3, 0.4) is 0 Å². The molecule has 6 nitrogen and oxygen atoms in total. The lowest BCUT2D eigenvalue weighted by Gasteiger charge is -2.34. The molecule has 1 aliphatic heterocycles. The first-order valence-corrected chi connectivity index (χ1v) is 8.48. The minimum absolute atomic E-state index is 0.140. The number of imidazole rings is 1. The van der Waals surface area contributed by atoms with Gasteiger partial charge in [-0.15, -0.1) is 0 Å². The number of likely N-dealkylation sites (tertiary alicyclic amines) is 1. The number of nitriles is 1. The van der Waals surface area contributed by atoms with E-state index >= 15 is 0 Å². The summed E-state index contributed by atoms with van der Waals surface area (Å²) in [7, 11) is 0. The minimum atomic E-state index is -0.326. The highest BCUT2D eigenvalue weighted by atomic mass is 19.1. The average Bonchev–Trinajstić information content (AvgIpc) is 3.10. The lowest BCUT2D eigenvalue weighted by atomic mass is 10.0. The molecule has 4 rings (SSSR count). The molecule has 1 fully saturated rings. The number of hydrogen-bond acceptors (Lipinski definition) is 4. The van der Waals surface area contributed by atoms with Crippen LogP contribution in [0.25, 0.3) is 11.0 Å². The molecule has 0 aliphatic carbocycles. The lowest BCUT2D eigenvalue weighted by molar-refractivity contribution is 0.0601. The maximum absolute atomic E-state index is 13.4. The maximum atomic E-state index is 13.4. The number of aromatic nitrogens is 3. The van der Waals surface area contributed by atoms with Crippen LogP contribution in [0.2, 0.25) is 0 Å². The van der Waals surface area contributed by atoms with E-state index in [1.807, 2.05) is 6.07 Å². The molecule has 2 aromatic heterocycles. The fourth-order valence-corrected chi connectivity index (χ4v) is 3.37. The van der Waals surface area contributed by atoms with Crippen molar-refractivity contribution in [1.29, 1.82) is 5.26 Å². The molecular formula is C19H16FN5O. The Morgan fingerprint density at radius 1 is 1.31 bits per heavy atom. The van der Waals surface area contributed by atoms with Crippen LogP contribution in [0.5, 0.6) is 0 Å². The van der Waals surface area contributed by atoms with Crippen LogP contribution in [-0.2, 0) is 0 Å². The molecule has 1 amide bonds. The van der Waals surface area contributed by atoms with Crippen molar-refractivity contribution >= 4 is 16.9 Å². The topological polar surface area (TPSA) is 85.7 Å². The van der Waals surface area contributed by atoms with Gasteiger partial charge in [-0.05, 0) is 49.6 Å². The molecule has 1 atom stereocenters. The Morgan fingerprint density at radius 3 is 2.96 bits per heavy atom. The number of benzene rings is 1. The smallest absolute Gasteiger partial charge is 0.256 e. The third-order valence-corrected chi connectivity index (χ3v) is 4.67. The normalized spacial score (nSPS) is 17.2. The van der Waals surface area contributed by atoms with E-state index in [9.17, 15) is 9.18 Å². The van der Waals surface area contributed by atoms with Gasteiger partial charge in [-0.3, -0.25) is 4.79 Å². The number of piperidine rings is 1. The molecule has 1 aromatic carbocycles. The second kappa shape index (κ2) is 6.56. The Kier molecular flexibility index (Phi) is 4.09. The summed E-state index contributed by atoms with van der Waals surface area (Å²) in [6.07, 6.45) is 4.13. The molecule has 1 aliphatic rings. The number of halogens is 1. The zero-order valence-corrected chi connectivity index (χ0v) is 13.9. The molecule has 0 spiro atoms. The highest BCUT2D eigenvalue weighted by molar-refractivity contribution is 5.94. The number of carbonyl (C=O) groups is 1. The van der Waals surface area contributed by atoms with Crippen LogP contribution in [0.1, 0.15) is 47.2 Å². The molecule has 3 heterocycles. The van der Waals surface area contributed by atoms with E-state index in [0.29, 0.717) is 29.0 Å². The van der Waals surface area contributed by atoms with Crippen LogP contribution >= 0.6 is 0 Å². The van der Waals surface area contributed by atoms with Crippen molar-refractivity contribution in [3.63, 3.8) is 0 Å². The van der Waals surface area contributed by atoms with Crippen molar-refractivity contribution in [3.05, 3.63) is 59.4 Å². The average molecular weight is 349 g/mol. The molecule has 0 radical (unpaired) electrons. The number of aromatic amines is 1. The zero-order valence-electron chi connectivity index (χ0n) is 13.9. The van der Waals surface area contributed by atoms with Gasteiger partial charge in [0.2, 0.25) is 0 Å². The van der Waals surface area contributed by atoms with Crippen molar-refractivity contribution in [2.24, 2.45) is 0 Å². The van der Waals surface area contributed by atoms with Crippen molar-refractivity contribution < 1.29 is 9.18 Å². The second-order valence-corrected chi connectivity index (χ2v) is 6.34. The summed E-state index contributed by atoms with van der Waals surface area (Å²) < 4.78 is 13.4. The monoisotopic (exact) mass is 349 g/mol. The van der Waals surface area contributed by atoms with Crippen molar-refractivity contribution in [2.75, 3.05) is 6.54 Å². The van der Waals surface area contributed by atoms with E-state index in [-0.39, 0.29) is 23.5 Å². The maximum Gasteiger partial charge on any atom is 0.256 e. The SMILES string of the molecule is N#Cc1ccc(C(=O)N2CCCC[C@@H]2c2nc3ccc(F)cc3[nH]2)cn1. The van der Waals surface area contributed by atoms with E-state index in [0.717, 1.165) is 19.3 Å². The highest BCUT2D eigenvalue weighted by Crippen LogP contribution is 2.31. The molecule has 7 heteroatoms. The molecule has 1 saturated heterocycles. The third-order valence-electron chi connectivity index (χ3n) is 4.67. The molecular weight excluding hydrogens is 333 g/mol. The van der Waals surface area contributed by atoms with Gasteiger partial charge in [0.1, 0.15) is 23.4 Å². The van der Waals surface area contributed by atoms with Gasteiger partial charge < -0.3 is 9.88 Å². The van der Waals surface area contributed by atoms with Crippen LogP contribution in [0.4, 0.5) is 4.39 Å². The van der Waals surface area contributed by atoms with E-state index < -0.39 is 0 Å². The first-order valence-electron chi connectivity index (χ1n) is 8.48. The first-order chi connectivity index (χ1) is 12.7. The standard InChI is InChI=1S/C19H16FN5O/c20-13-5-7-15-16(9-13)24-18(23-15)17-3-1-2-8-25(17)19(26)12-4-6-14(10-21)22-11-12/h4-7,9,11,17H,1-3,8H2,(H,23,24)/t17-/m1/s1. The summed E-state index contributed by atoms with van der Waals surface area (Å²) in [5.74, 6) is 0.200. The molecule has 26 heavy (non-hydrogen) atoms. The number of pyridine rings is 1. The molecule has 130 valence electrons. The Labute approximate surface area is 149 Å². The highest BCUT2D eigenvalue weighted by Gasteiger charge is 2.31. The van der Waals surface area contributed by atoms with Gasteiger partial charge in [0, 0.05) is 12.7 Å². The Balaban J connectivity index is 1.66. The fourth-order valence-electron chi connectivity index (χ4n) is 3.37. The second-order valence-electron chi connectivity index (χ2n) is 6.34. The molecule has 3 aromatic rings. The van der Waals surface area contributed by atoms with Gasteiger partial charge >= 0.3 is 0 Å². The number of hydrogen-bond donors (Lipinski definition) is 1.